The summed E-state index contributed by atoms with van der Waals surface area (Å²) in [5.74, 6) is 0.189. The molecule has 0 aliphatic heterocycles. The molecule has 1 amide bonds. The predicted molar refractivity (Wildman–Crippen MR) is 112 cm³/mol. The van der Waals surface area contributed by atoms with E-state index < -0.39 is 14.2 Å². The maximum absolute atomic E-state index is 11.7. The van der Waals surface area contributed by atoms with Crippen LogP contribution in [0, 0.1) is 17.2 Å². The first kappa shape index (κ1) is 22.7. The second-order valence-electron chi connectivity index (χ2n) is 8.16. The van der Waals surface area contributed by atoms with Crippen LogP contribution in [0.15, 0.2) is 30.3 Å². The number of nitrogens with one attached hydrogen (secondary N) is 1. The number of hydrogen-bond acceptors (Lipinski definition) is 4. The Labute approximate surface area is 163 Å². The lowest BCUT2D eigenvalue weighted by Crippen LogP contribution is -2.48. The summed E-state index contributed by atoms with van der Waals surface area (Å²) in [5.41, 5.74) is 1.17. The Kier molecular flexibility index (Phi) is 8.39. The highest BCUT2D eigenvalue weighted by Gasteiger charge is 2.41. The summed E-state index contributed by atoms with van der Waals surface area (Å²) < 4.78 is 6.42. The van der Waals surface area contributed by atoms with E-state index in [1.54, 1.807) is 11.8 Å². The first-order chi connectivity index (χ1) is 12.0. The second kappa shape index (κ2) is 9.59. The molecule has 0 saturated carbocycles. The Morgan fingerprint density at radius 1 is 1.31 bits per heavy atom. The van der Waals surface area contributed by atoms with Crippen molar-refractivity contribution >= 4 is 26.0 Å². The SMILES string of the molecule is CC(=O)N[C@H](SCc1ccccc1)[C@H](C#N)[C@@H](C)O[Si](C)(C)C(C)(C)C. The lowest BCUT2D eigenvalue weighted by Gasteiger charge is -2.40. The molecule has 4 nitrogen and oxygen atoms in total. The average Bonchev–Trinajstić information content (AvgIpc) is 2.52. The van der Waals surface area contributed by atoms with Gasteiger partial charge in [0.2, 0.25) is 5.91 Å². The molecule has 0 unspecified atom stereocenters. The number of thioether (sulfide) groups is 1. The highest BCUT2D eigenvalue weighted by molar-refractivity contribution is 7.99. The molecule has 0 fully saturated rings. The Balaban J connectivity index is 2.90. The molecule has 1 rings (SSSR count). The zero-order valence-electron chi connectivity index (χ0n) is 17.0. The highest BCUT2D eigenvalue weighted by Crippen LogP contribution is 2.38. The summed E-state index contributed by atoms with van der Waals surface area (Å²) in [4.78, 5) is 11.7. The van der Waals surface area contributed by atoms with Crippen LogP contribution in [-0.4, -0.2) is 25.7 Å². The van der Waals surface area contributed by atoms with E-state index in [0.29, 0.717) is 0 Å². The van der Waals surface area contributed by atoms with Crippen molar-refractivity contribution < 1.29 is 9.22 Å². The minimum absolute atomic E-state index is 0.0714. The minimum atomic E-state index is -1.99. The van der Waals surface area contributed by atoms with Crippen LogP contribution in [-0.2, 0) is 15.0 Å². The Hall–Kier alpha value is -1.29. The number of nitriles is 1. The molecule has 1 aromatic carbocycles. The molecular weight excluding hydrogens is 360 g/mol. The summed E-state index contributed by atoms with van der Waals surface area (Å²) in [5, 5.41) is 12.5. The van der Waals surface area contributed by atoms with Gasteiger partial charge in [0.25, 0.3) is 0 Å². The normalized spacial score (nSPS) is 15.6. The van der Waals surface area contributed by atoms with E-state index >= 15 is 0 Å². The molecule has 0 bridgehead atoms. The largest absolute Gasteiger partial charge is 0.413 e. The van der Waals surface area contributed by atoms with Crippen LogP contribution < -0.4 is 5.32 Å². The predicted octanol–water partition coefficient (Wildman–Crippen LogP) is 4.93. The summed E-state index contributed by atoms with van der Waals surface area (Å²) in [6.07, 6.45) is -0.249. The lowest BCUT2D eigenvalue weighted by atomic mass is 10.1. The molecule has 0 saturated heterocycles. The first-order valence-electron chi connectivity index (χ1n) is 8.98. The van der Waals surface area contributed by atoms with Gasteiger partial charge in [0.05, 0.1) is 17.5 Å². The highest BCUT2D eigenvalue weighted by atomic mass is 32.2. The second-order valence-corrected chi connectivity index (χ2v) is 14.0. The number of amides is 1. The number of rotatable bonds is 8. The third kappa shape index (κ3) is 6.79. The van der Waals surface area contributed by atoms with Crippen molar-refractivity contribution in [2.45, 2.75) is 70.0 Å². The fraction of sp³-hybridized carbons (Fsp3) is 0.600. The van der Waals surface area contributed by atoms with Crippen molar-refractivity contribution in [3.63, 3.8) is 0 Å². The van der Waals surface area contributed by atoms with Crippen LogP contribution in [0.2, 0.25) is 18.1 Å². The topological polar surface area (TPSA) is 62.1 Å². The molecule has 3 atom stereocenters. The summed E-state index contributed by atoms with van der Waals surface area (Å²) >= 11 is 1.58. The molecule has 26 heavy (non-hydrogen) atoms. The number of carbonyl (C=O) groups is 1. The summed E-state index contributed by atoms with van der Waals surface area (Å²) in [7, 11) is -1.99. The van der Waals surface area contributed by atoms with Gasteiger partial charge in [-0.2, -0.15) is 5.26 Å². The van der Waals surface area contributed by atoms with Crippen LogP contribution >= 0.6 is 11.8 Å². The molecule has 0 radical (unpaired) electrons. The van der Waals surface area contributed by atoms with E-state index in [1.807, 2.05) is 25.1 Å². The third-order valence-electron chi connectivity index (χ3n) is 4.89. The van der Waals surface area contributed by atoms with Crippen molar-refractivity contribution in [1.82, 2.24) is 5.32 Å². The molecule has 0 aliphatic carbocycles. The minimum Gasteiger partial charge on any atom is -0.413 e. The fourth-order valence-corrected chi connectivity index (χ4v) is 5.06. The molecule has 6 heteroatoms. The van der Waals surface area contributed by atoms with E-state index in [9.17, 15) is 10.1 Å². The van der Waals surface area contributed by atoms with Gasteiger partial charge in [-0.15, -0.1) is 11.8 Å². The van der Waals surface area contributed by atoms with Crippen LogP contribution in [0.3, 0.4) is 0 Å². The molecule has 0 aromatic heterocycles. The van der Waals surface area contributed by atoms with Crippen molar-refractivity contribution in [1.29, 1.82) is 5.26 Å². The van der Waals surface area contributed by atoms with Crippen LogP contribution in [0.5, 0.6) is 0 Å². The van der Waals surface area contributed by atoms with Gasteiger partial charge in [-0.25, -0.2) is 0 Å². The Morgan fingerprint density at radius 2 is 1.88 bits per heavy atom. The van der Waals surface area contributed by atoms with Gasteiger partial charge in [-0.05, 0) is 30.6 Å². The van der Waals surface area contributed by atoms with Crippen LogP contribution in [0.1, 0.15) is 40.2 Å². The van der Waals surface area contributed by atoms with E-state index in [0.717, 1.165) is 5.75 Å². The number of nitrogens with zero attached hydrogens (tertiary/aromatic N) is 1. The third-order valence-corrected chi connectivity index (χ3v) is 10.7. The quantitative estimate of drug-likeness (QED) is 0.503. The van der Waals surface area contributed by atoms with E-state index in [4.69, 9.17) is 4.43 Å². The summed E-state index contributed by atoms with van der Waals surface area (Å²) in [6, 6.07) is 12.4. The fourth-order valence-electron chi connectivity index (χ4n) is 2.33. The van der Waals surface area contributed by atoms with E-state index in [1.165, 1.54) is 12.5 Å². The molecule has 0 heterocycles. The maximum atomic E-state index is 11.7. The average molecular weight is 393 g/mol. The molecule has 1 aromatic rings. The Morgan fingerprint density at radius 3 is 2.35 bits per heavy atom. The molecular formula is C20H32N2O2SSi. The van der Waals surface area contributed by atoms with Gasteiger partial charge in [0.15, 0.2) is 8.32 Å². The molecule has 144 valence electrons. The van der Waals surface area contributed by atoms with Crippen molar-refractivity contribution in [3.8, 4) is 6.07 Å². The van der Waals surface area contributed by atoms with E-state index in [2.05, 4.69) is 57.4 Å². The zero-order valence-corrected chi connectivity index (χ0v) is 18.8. The number of hydrogen-bond donors (Lipinski definition) is 1. The monoisotopic (exact) mass is 392 g/mol. The number of benzene rings is 1. The van der Waals surface area contributed by atoms with Gasteiger partial charge in [-0.1, -0.05) is 51.1 Å². The van der Waals surface area contributed by atoms with Gasteiger partial charge < -0.3 is 9.74 Å². The van der Waals surface area contributed by atoms with E-state index in [-0.39, 0.29) is 22.4 Å². The van der Waals surface area contributed by atoms with Crippen LogP contribution in [0.4, 0.5) is 0 Å². The van der Waals surface area contributed by atoms with Gasteiger partial charge >= 0.3 is 0 Å². The van der Waals surface area contributed by atoms with Crippen molar-refractivity contribution in [3.05, 3.63) is 35.9 Å². The molecule has 1 N–H and O–H groups in total. The number of carbonyl (C=O) groups excluding carboxylic acids is 1. The molecule has 0 aliphatic rings. The van der Waals surface area contributed by atoms with Gasteiger partial charge in [0, 0.05) is 12.7 Å². The Bertz CT molecular complexity index is 623. The maximum Gasteiger partial charge on any atom is 0.217 e. The molecule has 0 spiro atoms. The standard InChI is InChI=1S/C20H32N2O2SSi/c1-15(24-26(6,7)20(3,4)5)18(13-21)19(22-16(2)23)25-14-17-11-9-8-10-12-17/h8-12,15,18-19H,14H2,1-7H3,(H,22,23)/t15-,18-,19-/m1/s1. The zero-order chi connectivity index (χ0) is 20.0. The summed E-state index contributed by atoms with van der Waals surface area (Å²) in [6.45, 7) is 14.4. The smallest absolute Gasteiger partial charge is 0.217 e. The van der Waals surface area contributed by atoms with Crippen molar-refractivity contribution in [2.75, 3.05) is 0 Å². The van der Waals surface area contributed by atoms with Crippen LogP contribution in [0.25, 0.3) is 0 Å². The first-order valence-corrected chi connectivity index (χ1v) is 12.9. The van der Waals surface area contributed by atoms with Gasteiger partial charge in [-0.3, -0.25) is 4.79 Å². The van der Waals surface area contributed by atoms with Crippen molar-refractivity contribution in [2.24, 2.45) is 5.92 Å². The van der Waals surface area contributed by atoms with Gasteiger partial charge in [0.1, 0.15) is 5.92 Å². The lowest BCUT2D eigenvalue weighted by molar-refractivity contribution is -0.119.